The van der Waals surface area contributed by atoms with Crippen molar-refractivity contribution in [2.75, 3.05) is 39.3 Å². The van der Waals surface area contributed by atoms with Gasteiger partial charge in [-0.2, -0.15) is 4.31 Å². The van der Waals surface area contributed by atoms with Crippen LogP contribution in [0.4, 0.5) is 0 Å². The predicted molar refractivity (Wildman–Crippen MR) is 83.5 cm³/mol. The normalized spacial score (nSPS) is 17.9. The number of halogens is 1. The second kappa shape index (κ2) is 6.96. The highest BCUT2D eigenvalue weighted by Gasteiger charge is 2.28. The number of piperazine rings is 1. The van der Waals surface area contributed by atoms with Crippen LogP contribution in [0.25, 0.3) is 0 Å². The Labute approximate surface area is 131 Å². The number of rotatable bonds is 5. The van der Waals surface area contributed by atoms with Crippen LogP contribution >= 0.6 is 11.6 Å². The third-order valence-corrected chi connectivity index (χ3v) is 5.81. The largest absolute Gasteiger partial charge is 0.492 e. The van der Waals surface area contributed by atoms with Crippen molar-refractivity contribution < 1.29 is 13.2 Å². The summed E-state index contributed by atoms with van der Waals surface area (Å²) in [5, 5.41) is 0.324. The van der Waals surface area contributed by atoms with E-state index in [1.807, 2.05) is 6.92 Å². The summed E-state index contributed by atoms with van der Waals surface area (Å²) in [5.41, 5.74) is 0. The molecule has 0 spiro atoms. The molecule has 21 heavy (non-hydrogen) atoms. The van der Waals surface area contributed by atoms with Crippen molar-refractivity contribution in [2.45, 2.75) is 18.7 Å². The molecule has 0 amide bonds. The van der Waals surface area contributed by atoms with Crippen molar-refractivity contribution in [3.05, 3.63) is 23.2 Å². The maximum atomic E-state index is 12.6. The van der Waals surface area contributed by atoms with Gasteiger partial charge in [0.15, 0.2) is 0 Å². The van der Waals surface area contributed by atoms with E-state index in [-0.39, 0.29) is 4.90 Å². The van der Waals surface area contributed by atoms with E-state index in [1.54, 1.807) is 12.1 Å². The Balaban J connectivity index is 2.18. The summed E-state index contributed by atoms with van der Waals surface area (Å²) in [5.74, 6) is 0.508. The van der Waals surface area contributed by atoms with Crippen LogP contribution in [0.5, 0.6) is 5.75 Å². The first-order valence-electron chi connectivity index (χ1n) is 7.14. The van der Waals surface area contributed by atoms with Crippen LogP contribution in [0.2, 0.25) is 5.02 Å². The topological polar surface area (TPSA) is 49.9 Å². The minimum absolute atomic E-state index is 0.223. The first-order valence-corrected chi connectivity index (χ1v) is 8.95. The molecule has 118 valence electrons. The summed E-state index contributed by atoms with van der Waals surface area (Å²) in [6.07, 6.45) is 0. The summed E-state index contributed by atoms with van der Waals surface area (Å²) in [4.78, 5) is 2.46. The summed E-state index contributed by atoms with van der Waals surface area (Å²) >= 11 is 6.08. The zero-order chi connectivity index (χ0) is 15.5. The summed E-state index contributed by atoms with van der Waals surface area (Å²) < 4.78 is 32.1. The van der Waals surface area contributed by atoms with Gasteiger partial charge < -0.3 is 9.64 Å². The SMILES string of the molecule is CCOc1ccc(S(=O)(=O)N2CCN(CC)CC2)cc1Cl. The first kappa shape index (κ1) is 16.5. The predicted octanol–water partition coefficient (Wildman–Crippen LogP) is 2.06. The van der Waals surface area contributed by atoms with Crippen molar-refractivity contribution in [3.63, 3.8) is 0 Å². The third kappa shape index (κ3) is 3.69. The van der Waals surface area contributed by atoms with Crippen molar-refractivity contribution in [1.82, 2.24) is 9.21 Å². The lowest BCUT2D eigenvalue weighted by atomic mass is 10.3. The van der Waals surface area contributed by atoms with Crippen LogP contribution in [0.15, 0.2) is 23.1 Å². The Morgan fingerprint density at radius 2 is 1.86 bits per heavy atom. The lowest BCUT2D eigenvalue weighted by molar-refractivity contribution is 0.196. The highest BCUT2D eigenvalue weighted by molar-refractivity contribution is 7.89. The molecule has 1 heterocycles. The van der Waals surface area contributed by atoms with Crippen LogP contribution in [-0.2, 0) is 10.0 Å². The van der Waals surface area contributed by atoms with Crippen LogP contribution in [0, 0.1) is 0 Å². The molecular weight excluding hydrogens is 312 g/mol. The molecule has 1 aromatic rings. The molecule has 0 radical (unpaired) electrons. The molecule has 1 aliphatic heterocycles. The second-order valence-corrected chi connectivity index (χ2v) is 7.21. The molecule has 0 saturated carbocycles. The van der Waals surface area contributed by atoms with E-state index in [0.29, 0.717) is 30.5 Å². The lowest BCUT2D eigenvalue weighted by Crippen LogP contribution is -2.48. The average Bonchev–Trinajstić information content (AvgIpc) is 2.49. The summed E-state index contributed by atoms with van der Waals surface area (Å²) in [7, 11) is -3.48. The van der Waals surface area contributed by atoms with Crippen molar-refractivity contribution in [1.29, 1.82) is 0 Å². The van der Waals surface area contributed by atoms with Crippen LogP contribution in [-0.4, -0.2) is 57.0 Å². The first-order chi connectivity index (χ1) is 9.98. The zero-order valence-electron chi connectivity index (χ0n) is 12.4. The van der Waals surface area contributed by atoms with Gasteiger partial charge in [0.05, 0.1) is 16.5 Å². The Morgan fingerprint density at radius 1 is 1.19 bits per heavy atom. The molecule has 0 bridgehead atoms. The maximum Gasteiger partial charge on any atom is 0.243 e. The number of hydrogen-bond acceptors (Lipinski definition) is 4. The number of likely N-dealkylation sites (N-methyl/N-ethyl adjacent to an activating group) is 1. The molecule has 7 heteroatoms. The maximum absolute atomic E-state index is 12.6. The molecule has 0 N–H and O–H groups in total. The van der Waals surface area contributed by atoms with Gasteiger partial charge in [-0.05, 0) is 31.7 Å². The van der Waals surface area contributed by atoms with Gasteiger partial charge in [-0.15, -0.1) is 0 Å². The smallest absolute Gasteiger partial charge is 0.243 e. The van der Waals surface area contributed by atoms with Crippen molar-refractivity contribution in [3.8, 4) is 5.75 Å². The van der Waals surface area contributed by atoms with E-state index in [9.17, 15) is 8.42 Å². The highest BCUT2D eigenvalue weighted by Crippen LogP contribution is 2.29. The Kier molecular flexibility index (Phi) is 5.48. The number of sulfonamides is 1. The van der Waals surface area contributed by atoms with Crippen LogP contribution in [0.3, 0.4) is 0 Å². The molecule has 0 aliphatic carbocycles. The van der Waals surface area contributed by atoms with Crippen LogP contribution in [0.1, 0.15) is 13.8 Å². The quantitative estimate of drug-likeness (QED) is 0.828. The van der Waals surface area contributed by atoms with E-state index in [1.165, 1.54) is 10.4 Å². The van der Waals surface area contributed by atoms with Gasteiger partial charge >= 0.3 is 0 Å². The zero-order valence-corrected chi connectivity index (χ0v) is 14.0. The number of ether oxygens (including phenoxy) is 1. The van der Waals surface area contributed by atoms with Gasteiger partial charge in [0.25, 0.3) is 0 Å². The molecule has 5 nitrogen and oxygen atoms in total. The van der Waals surface area contributed by atoms with Gasteiger partial charge in [-0.3, -0.25) is 0 Å². The molecule has 1 aliphatic rings. The summed E-state index contributed by atoms with van der Waals surface area (Å²) in [6.45, 7) is 7.93. The molecular formula is C14H21ClN2O3S. The molecule has 1 aromatic carbocycles. The average molecular weight is 333 g/mol. The summed E-state index contributed by atoms with van der Waals surface area (Å²) in [6, 6.07) is 4.63. The van der Waals surface area contributed by atoms with E-state index < -0.39 is 10.0 Å². The van der Waals surface area contributed by atoms with E-state index in [2.05, 4.69) is 11.8 Å². The Morgan fingerprint density at radius 3 is 2.38 bits per heavy atom. The monoisotopic (exact) mass is 332 g/mol. The molecule has 2 rings (SSSR count). The fourth-order valence-electron chi connectivity index (χ4n) is 2.35. The molecule has 1 saturated heterocycles. The minimum atomic E-state index is -3.48. The molecule has 1 fully saturated rings. The Bertz CT molecular complexity index is 584. The van der Waals surface area contributed by atoms with Gasteiger partial charge in [-0.25, -0.2) is 8.42 Å². The fourth-order valence-corrected chi connectivity index (χ4v) is 4.10. The van der Waals surface area contributed by atoms with Gasteiger partial charge in [0, 0.05) is 26.2 Å². The third-order valence-electron chi connectivity index (χ3n) is 3.62. The Hall–Kier alpha value is -0.820. The minimum Gasteiger partial charge on any atom is -0.492 e. The van der Waals surface area contributed by atoms with Crippen molar-refractivity contribution in [2.24, 2.45) is 0 Å². The van der Waals surface area contributed by atoms with Gasteiger partial charge in [0.1, 0.15) is 5.75 Å². The van der Waals surface area contributed by atoms with Crippen LogP contribution < -0.4 is 4.74 Å². The van der Waals surface area contributed by atoms with E-state index in [4.69, 9.17) is 16.3 Å². The number of benzene rings is 1. The van der Waals surface area contributed by atoms with Crippen molar-refractivity contribution >= 4 is 21.6 Å². The van der Waals surface area contributed by atoms with Gasteiger partial charge in [-0.1, -0.05) is 18.5 Å². The fraction of sp³-hybridized carbons (Fsp3) is 0.571. The van der Waals surface area contributed by atoms with E-state index in [0.717, 1.165) is 19.6 Å². The molecule has 0 unspecified atom stereocenters. The standard InChI is InChI=1S/C14H21ClN2O3S/c1-3-16-7-9-17(10-8-16)21(18,19)12-5-6-14(20-4-2)13(15)11-12/h5-6,11H,3-4,7-10H2,1-2H3. The second-order valence-electron chi connectivity index (χ2n) is 4.86. The highest BCUT2D eigenvalue weighted by atomic mass is 35.5. The number of nitrogens with zero attached hydrogens (tertiary/aromatic N) is 2. The van der Waals surface area contributed by atoms with Gasteiger partial charge in [0.2, 0.25) is 10.0 Å². The molecule has 0 aromatic heterocycles. The lowest BCUT2D eigenvalue weighted by Gasteiger charge is -2.33. The van der Waals surface area contributed by atoms with E-state index >= 15 is 0 Å². The molecule has 0 atom stereocenters. The number of hydrogen-bond donors (Lipinski definition) is 0.